The number of fused-ring (bicyclic) bond motifs is 1. The number of nitrogens with zero attached hydrogens (tertiary/aromatic N) is 2. The van der Waals surface area contributed by atoms with E-state index in [4.69, 9.17) is 14.5 Å². The van der Waals surface area contributed by atoms with Crippen molar-refractivity contribution < 1.29 is 9.47 Å². The molecule has 8 heteroatoms. The smallest absolute Gasteiger partial charge is 0.271 e. The van der Waals surface area contributed by atoms with E-state index in [1.807, 2.05) is 70.6 Å². The molecule has 6 rings (SSSR count). The van der Waals surface area contributed by atoms with Gasteiger partial charge in [0.15, 0.2) is 4.80 Å². The summed E-state index contributed by atoms with van der Waals surface area (Å²) < 4.78 is 14.7. The lowest BCUT2D eigenvalue weighted by Crippen LogP contribution is -2.39. The van der Waals surface area contributed by atoms with Crippen LogP contribution in [0.25, 0.3) is 6.08 Å². The lowest BCUT2D eigenvalue weighted by Gasteiger charge is -2.31. The fourth-order valence-corrected chi connectivity index (χ4v) is 8.62. The molecule has 3 aromatic rings. The van der Waals surface area contributed by atoms with Gasteiger partial charge in [-0.1, -0.05) is 35.6 Å². The van der Waals surface area contributed by atoms with Crippen LogP contribution in [0.5, 0.6) is 11.5 Å². The average molecular weight is 535 g/mol. The van der Waals surface area contributed by atoms with E-state index in [0.717, 1.165) is 63.9 Å². The van der Waals surface area contributed by atoms with Gasteiger partial charge >= 0.3 is 0 Å². The van der Waals surface area contributed by atoms with E-state index >= 15 is 0 Å². The maximum atomic E-state index is 13.9. The highest BCUT2D eigenvalue weighted by atomic mass is 32.2. The first-order valence-corrected chi connectivity index (χ1v) is 14.8. The second-order valence-electron chi connectivity index (χ2n) is 8.82. The molecule has 184 valence electrons. The van der Waals surface area contributed by atoms with Gasteiger partial charge in [-0.3, -0.25) is 9.36 Å². The number of hydrogen-bond acceptors (Lipinski definition) is 7. The Balaban J connectivity index is 1.56. The SMILES string of the molecule is COc1ccc(/C=c2\sc3n(c2=O)C(c2ccc(OC)cc2)C2=C(N=3)C(=C3SCCS3)CCC2)cc1. The molecule has 36 heavy (non-hydrogen) atoms. The number of aromatic nitrogens is 1. The van der Waals surface area contributed by atoms with Crippen LogP contribution in [0, 0.1) is 0 Å². The fraction of sp³-hybridized carbons (Fsp3) is 0.286. The molecule has 0 bridgehead atoms. The molecule has 5 nitrogen and oxygen atoms in total. The Morgan fingerprint density at radius 2 is 1.61 bits per heavy atom. The maximum absolute atomic E-state index is 13.9. The molecular weight excluding hydrogens is 509 g/mol. The molecule has 0 saturated carbocycles. The fourth-order valence-electron chi connectivity index (χ4n) is 5.01. The summed E-state index contributed by atoms with van der Waals surface area (Å²) in [4.78, 5) is 19.8. The number of rotatable bonds is 4. The van der Waals surface area contributed by atoms with Crippen LogP contribution < -0.4 is 24.4 Å². The molecule has 3 heterocycles. The number of benzene rings is 2. The lowest BCUT2D eigenvalue weighted by atomic mass is 9.85. The zero-order valence-corrected chi connectivity index (χ0v) is 22.6. The van der Waals surface area contributed by atoms with Gasteiger partial charge in [0, 0.05) is 15.7 Å². The van der Waals surface area contributed by atoms with E-state index in [2.05, 4.69) is 12.1 Å². The first-order chi connectivity index (χ1) is 17.7. The third kappa shape index (κ3) is 4.25. The van der Waals surface area contributed by atoms with Crippen LogP contribution in [0.15, 0.2) is 79.4 Å². The number of ether oxygens (including phenoxy) is 2. The quantitative estimate of drug-likeness (QED) is 0.466. The normalized spacial score (nSPS) is 19.7. The molecule has 1 aromatic heterocycles. The van der Waals surface area contributed by atoms with Gasteiger partial charge < -0.3 is 9.47 Å². The van der Waals surface area contributed by atoms with Gasteiger partial charge in [-0.15, -0.1) is 23.5 Å². The molecule has 2 aromatic carbocycles. The summed E-state index contributed by atoms with van der Waals surface area (Å²) in [5, 5.41) is 0. The van der Waals surface area contributed by atoms with E-state index < -0.39 is 0 Å². The minimum absolute atomic E-state index is 0.00586. The third-order valence-corrected chi connectivity index (χ3v) is 10.5. The van der Waals surface area contributed by atoms with Gasteiger partial charge in [0.05, 0.1) is 30.5 Å². The van der Waals surface area contributed by atoms with Gasteiger partial charge in [0.25, 0.3) is 5.56 Å². The van der Waals surface area contributed by atoms with Crippen LogP contribution in [-0.4, -0.2) is 30.3 Å². The predicted molar refractivity (Wildman–Crippen MR) is 150 cm³/mol. The summed E-state index contributed by atoms with van der Waals surface area (Å²) in [7, 11) is 3.33. The summed E-state index contributed by atoms with van der Waals surface area (Å²) in [5.41, 5.74) is 5.80. The van der Waals surface area contributed by atoms with Crippen molar-refractivity contribution in [1.82, 2.24) is 4.57 Å². The molecule has 1 unspecified atom stereocenters. The van der Waals surface area contributed by atoms with Crippen molar-refractivity contribution in [2.75, 3.05) is 25.7 Å². The summed E-state index contributed by atoms with van der Waals surface area (Å²) in [6, 6.07) is 15.7. The highest BCUT2D eigenvalue weighted by Gasteiger charge is 2.34. The summed E-state index contributed by atoms with van der Waals surface area (Å²) >= 11 is 5.38. The van der Waals surface area contributed by atoms with Crippen LogP contribution in [0.4, 0.5) is 0 Å². The standard InChI is InChI=1S/C28H26N2O3S3/c1-32-19-10-6-17(7-11-19)16-23-26(31)30-25(18-8-12-20(33-2)13-9-18)21-4-3-5-22(27-34-14-15-35-27)24(21)29-28(30)36-23/h6-13,16,25H,3-5,14-15H2,1-2H3/b23-16-. The summed E-state index contributed by atoms with van der Waals surface area (Å²) in [6.07, 6.45) is 5.04. The molecular formula is C28H26N2O3S3. The zero-order valence-electron chi connectivity index (χ0n) is 20.2. The topological polar surface area (TPSA) is 52.8 Å². The van der Waals surface area contributed by atoms with Crippen molar-refractivity contribution in [2.45, 2.75) is 25.3 Å². The van der Waals surface area contributed by atoms with Crippen molar-refractivity contribution in [3.63, 3.8) is 0 Å². The van der Waals surface area contributed by atoms with E-state index in [1.54, 1.807) is 14.2 Å². The van der Waals surface area contributed by atoms with Crippen molar-refractivity contribution in [3.8, 4) is 11.5 Å². The molecule has 2 aliphatic heterocycles. The molecule has 1 saturated heterocycles. The van der Waals surface area contributed by atoms with Gasteiger partial charge in [0.2, 0.25) is 0 Å². The number of hydrogen-bond donors (Lipinski definition) is 0. The molecule has 0 N–H and O–H groups in total. The molecule has 3 aliphatic rings. The molecule has 1 aliphatic carbocycles. The first-order valence-electron chi connectivity index (χ1n) is 12.0. The first kappa shape index (κ1) is 23.7. The van der Waals surface area contributed by atoms with Gasteiger partial charge in [-0.05, 0) is 71.9 Å². The van der Waals surface area contributed by atoms with Crippen molar-refractivity contribution >= 4 is 40.9 Å². The van der Waals surface area contributed by atoms with Crippen molar-refractivity contribution in [2.24, 2.45) is 4.99 Å². The molecule has 0 amide bonds. The highest BCUT2D eigenvalue weighted by Crippen LogP contribution is 2.48. The minimum Gasteiger partial charge on any atom is -0.497 e. The van der Waals surface area contributed by atoms with E-state index in [1.165, 1.54) is 26.7 Å². The Morgan fingerprint density at radius 1 is 0.944 bits per heavy atom. The van der Waals surface area contributed by atoms with Gasteiger partial charge in [-0.25, -0.2) is 4.99 Å². The van der Waals surface area contributed by atoms with Crippen LogP contribution in [0.3, 0.4) is 0 Å². The monoisotopic (exact) mass is 534 g/mol. The number of thiazole rings is 1. The Hall–Kier alpha value is -2.68. The Morgan fingerprint density at radius 3 is 2.28 bits per heavy atom. The summed E-state index contributed by atoms with van der Waals surface area (Å²) in [5.74, 6) is 3.91. The van der Waals surface area contributed by atoms with E-state index in [0.29, 0.717) is 4.53 Å². The highest BCUT2D eigenvalue weighted by molar-refractivity contribution is 8.25. The van der Waals surface area contributed by atoms with Crippen molar-refractivity contribution in [1.29, 1.82) is 0 Å². The average Bonchev–Trinajstić information content (AvgIpc) is 3.56. The van der Waals surface area contributed by atoms with Gasteiger partial charge in [-0.2, -0.15) is 0 Å². The molecule has 1 atom stereocenters. The second-order valence-corrected chi connectivity index (χ2v) is 12.3. The minimum atomic E-state index is -0.160. The number of methoxy groups -OCH3 is 2. The van der Waals surface area contributed by atoms with E-state index in [9.17, 15) is 4.79 Å². The third-order valence-electron chi connectivity index (χ3n) is 6.74. The Labute approximate surface area is 222 Å². The Bertz CT molecular complexity index is 1540. The zero-order chi connectivity index (χ0) is 24.6. The van der Waals surface area contributed by atoms with Crippen molar-refractivity contribution in [3.05, 3.63) is 100 Å². The number of allylic oxidation sites excluding steroid dienone is 2. The molecule has 1 fully saturated rings. The lowest BCUT2D eigenvalue weighted by molar-refractivity contribution is 0.414. The predicted octanol–water partition coefficient (Wildman–Crippen LogP) is 5.11. The van der Waals surface area contributed by atoms with Gasteiger partial charge in [0.1, 0.15) is 11.5 Å². The van der Waals surface area contributed by atoms with Crippen LogP contribution in [-0.2, 0) is 0 Å². The largest absolute Gasteiger partial charge is 0.497 e. The molecule has 0 radical (unpaired) electrons. The maximum Gasteiger partial charge on any atom is 0.271 e. The Kier molecular flexibility index (Phi) is 6.58. The van der Waals surface area contributed by atoms with Crippen LogP contribution >= 0.6 is 34.9 Å². The number of thioether (sulfide) groups is 2. The van der Waals surface area contributed by atoms with E-state index in [-0.39, 0.29) is 11.6 Å². The second kappa shape index (κ2) is 10.00. The summed E-state index contributed by atoms with van der Waals surface area (Å²) in [6.45, 7) is 0. The van der Waals surface area contributed by atoms with Crippen LogP contribution in [0.1, 0.15) is 36.4 Å². The van der Waals surface area contributed by atoms with Crippen LogP contribution in [0.2, 0.25) is 0 Å². The molecule has 0 spiro atoms.